The van der Waals surface area contributed by atoms with E-state index in [9.17, 15) is 4.57 Å². The lowest BCUT2D eigenvalue weighted by molar-refractivity contribution is 0.130. The van der Waals surface area contributed by atoms with Crippen molar-refractivity contribution in [2.45, 2.75) is 26.2 Å². The molecule has 1 unspecified atom stereocenters. The summed E-state index contributed by atoms with van der Waals surface area (Å²) in [7, 11) is -1.44. The second-order valence-electron chi connectivity index (χ2n) is 2.58. The Hall–Kier alpha value is 0.0700. The predicted molar refractivity (Wildman–Crippen MR) is 57.6 cm³/mol. The molecular formula is C8H22NO4P. The predicted octanol–water partition coefficient (Wildman–Crippen LogP) is 1.17. The zero-order chi connectivity index (χ0) is 11.2. The number of hydrogen-bond donors (Lipinski definition) is 2. The molecule has 0 aliphatic rings. The van der Waals surface area contributed by atoms with Crippen molar-refractivity contribution >= 4 is 8.25 Å². The molecule has 0 aliphatic carbocycles. The molecule has 0 spiro atoms. The topological polar surface area (TPSA) is 81.8 Å². The molecule has 0 heterocycles. The molecule has 0 aromatic carbocycles. The van der Waals surface area contributed by atoms with Crippen LogP contribution in [-0.2, 0) is 13.8 Å². The van der Waals surface area contributed by atoms with E-state index >= 15 is 0 Å². The summed E-state index contributed by atoms with van der Waals surface area (Å²) in [5, 5.41) is 0. The fraction of sp³-hybridized carbons (Fsp3) is 1.00. The quantitative estimate of drug-likeness (QED) is 0.504. The van der Waals surface area contributed by atoms with Crippen molar-refractivity contribution in [2.75, 3.05) is 26.9 Å². The molecule has 0 saturated carbocycles. The average Bonchev–Trinajstić information content (AvgIpc) is 2.19. The van der Waals surface area contributed by atoms with Gasteiger partial charge in [-0.2, -0.15) is 0 Å². The summed E-state index contributed by atoms with van der Waals surface area (Å²) in [4.78, 5) is 7.69. The van der Waals surface area contributed by atoms with Crippen LogP contribution in [0.4, 0.5) is 0 Å². The van der Waals surface area contributed by atoms with Gasteiger partial charge in [0.15, 0.2) is 0 Å². The highest BCUT2D eigenvalue weighted by molar-refractivity contribution is 7.32. The third kappa shape index (κ3) is 22.7. The molecule has 14 heavy (non-hydrogen) atoms. The van der Waals surface area contributed by atoms with E-state index in [1.165, 1.54) is 20.0 Å². The molecule has 0 radical (unpaired) electrons. The summed E-state index contributed by atoms with van der Waals surface area (Å²) < 4.78 is 18.4. The van der Waals surface area contributed by atoms with Crippen molar-refractivity contribution in [1.82, 2.24) is 0 Å². The number of hydrogen-bond acceptors (Lipinski definition) is 4. The van der Waals surface area contributed by atoms with Crippen molar-refractivity contribution in [3.05, 3.63) is 0 Å². The van der Waals surface area contributed by atoms with Gasteiger partial charge in [0.2, 0.25) is 0 Å². The summed E-state index contributed by atoms with van der Waals surface area (Å²) >= 11 is 0. The summed E-state index contributed by atoms with van der Waals surface area (Å²) in [5.41, 5.74) is 5.26. The van der Waals surface area contributed by atoms with Crippen LogP contribution in [0.5, 0.6) is 0 Å². The fourth-order valence-corrected chi connectivity index (χ4v) is 0.534. The van der Waals surface area contributed by atoms with E-state index in [-0.39, 0.29) is 0 Å². The molecular weight excluding hydrogens is 205 g/mol. The second-order valence-corrected chi connectivity index (χ2v) is 3.52. The monoisotopic (exact) mass is 227 g/mol. The van der Waals surface area contributed by atoms with Crippen molar-refractivity contribution in [2.24, 2.45) is 5.73 Å². The minimum absolute atomic E-state index is 0.742. The van der Waals surface area contributed by atoms with Gasteiger partial charge in [0.1, 0.15) is 0 Å². The number of ether oxygens (including phenoxy) is 1. The van der Waals surface area contributed by atoms with Gasteiger partial charge in [0, 0.05) is 20.3 Å². The Labute approximate surface area is 86.5 Å². The molecule has 6 heteroatoms. The Balaban J connectivity index is 0. The average molecular weight is 227 g/mol. The molecule has 0 bridgehead atoms. The van der Waals surface area contributed by atoms with Crippen molar-refractivity contribution < 1.29 is 18.7 Å². The first-order chi connectivity index (χ1) is 6.68. The van der Waals surface area contributed by atoms with Crippen LogP contribution < -0.4 is 5.73 Å². The van der Waals surface area contributed by atoms with Crippen LogP contribution in [0.1, 0.15) is 26.2 Å². The number of nitrogens with two attached hydrogens (primary N) is 1. The molecule has 0 saturated heterocycles. The van der Waals surface area contributed by atoms with Crippen molar-refractivity contribution in [3.8, 4) is 0 Å². The molecule has 1 atom stereocenters. The first-order valence-corrected chi connectivity index (χ1v) is 6.00. The third-order valence-corrected chi connectivity index (χ3v) is 1.66. The van der Waals surface area contributed by atoms with E-state index in [2.05, 4.69) is 11.4 Å². The lowest BCUT2D eigenvalue weighted by Crippen LogP contribution is -2.04. The van der Waals surface area contributed by atoms with Crippen LogP contribution in [0.3, 0.4) is 0 Å². The molecule has 88 valence electrons. The van der Waals surface area contributed by atoms with Crippen LogP contribution in [0.15, 0.2) is 0 Å². The smallest absolute Gasteiger partial charge is 0.316 e. The maximum absolute atomic E-state index is 9.33. The van der Waals surface area contributed by atoms with Gasteiger partial charge in [0.25, 0.3) is 0 Å². The van der Waals surface area contributed by atoms with E-state index in [0.29, 0.717) is 0 Å². The highest BCUT2D eigenvalue weighted by atomic mass is 31.1. The fourth-order valence-electron chi connectivity index (χ4n) is 0.534. The lowest BCUT2D eigenvalue weighted by atomic mass is 10.4. The van der Waals surface area contributed by atoms with E-state index < -0.39 is 8.25 Å². The highest BCUT2D eigenvalue weighted by Gasteiger charge is 1.84. The first kappa shape index (κ1) is 16.5. The van der Waals surface area contributed by atoms with E-state index in [1.54, 1.807) is 0 Å². The standard InChI is InChI=1S/C7H17NO.CH5O3P/c1-2-3-6-9-7-4-5-8;1-4-5(2)3/h2-8H2,1H3;5H,1H3,(H,2,3). The van der Waals surface area contributed by atoms with Gasteiger partial charge in [-0.25, -0.2) is 0 Å². The van der Waals surface area contributed by atoms with Crippen LogP contribution in [0.2, 0.25) is 0 Å². The number of unbranched alkanes of at least 4 members (excludes halogenated alkanes) is 1. The Bertz CT molecular complexity index is 118. The molecule has 3 N–H and O–H groups in total. The van der Waals surface area contributed by atoms with E-state index in [4.69, 9.17) is 15.4 Å². The summed E-state index contributed by atoms with van der Waals surface area (Å²) in [6.45, 7) is 4.63. The second kappa shape index (κ2) is 15.5. The van der Waals surface area contributed by atoms with Gasteiger partial charge in [-0.15, -0.1) is 0 Å². The lowest BCUT2D eigenvalue weighted by Gasteiger charge is -1.99. The summed E-state index contributed by atoms with van der Waals surface area (Å²) in [5.74, 6) is 0. The number of rotatable bonds is 7. The molecule has 0 rings (SSSR count). The zero-order valence-electron chi connectivity index (χ0n) is 8.99. The van der Waals surface area contributed by atoms with Gasteiger partial charge in [-0.05, 0) is 19.4 Å². The van der Waals surface area contributed by atoms with Gasteiger partial charge in [-0.1, -0.05) is 13.3 Å². The Morgan fingerprint density at radius 2 is 1.86 bits per heavy atom. The van der Waals surface area contributed by atoms with E-state index in [0.717, 1.165) is 26.2 Å². The van der Waals surface area contributed by atoms with Crippen molar-refractivity contribution in [1.29, 1.82) is 0 Å². The van der Waals surface area contributed by atoms with Crippen molar-refractivity contribution in [3.63, 3.8) is 0 Å². The Morgan fingerprint density at radius 3 is 2.21 bits per heavy atom. The normalized spacial score (nSPS) is 11.7. The molecule has 0 aromatic heterocycles. The van der Waals surface area contributed by atoms with Gasteiger partial charge in [-0.3, -0.25) is 4.57 Å². The molecule has 5 nitrogen and oxygen atoms in total. The van der Waals surface area contributed by atoms with Gasteiger partial charge < -0.3 is 19.9 Å². The molecule has 0 amide bonds. The summed E-state index contributed by atoms with van der Waals surface area (Å²) in [6.07, 6.45) is 3.37. The SMILES string of the molecule is CCCCOCCCN.CO[PH](=O)O. The Kier molecular flexibility index (Phi) is 18.3. The highest BCUT2D eigenvalue weighted by Crippen LogP contribution is 2.09. The molecule has 0 fully saturated rings. The van der Waals surface area contributed by atoms with Gasteiger partial charge in [0.05, 0.1) is 0 Å². The minimum atomic E-state index is -2.62. The maximum atomic E-state index is 9.33. The molecule has 0 aliphatic heterocycles. The van der Waals surface area contributed by atoms with Crippen LogP contribution in [0, 0.1) is 0 Å². The largest absolute Gasteiger partial charge is 0.381 e. The summed E-state index contributed by atoms with van der Waals surface area (Å²) in [6, 6.07) is 0. The first-order valence-electron chi connectivity index (χ1n) is 4.73. The van der Waals surface area contributed by atoms with E-state index in [1.807, 2.05) is 0 Å². The van der Waals surface area contributed by atoms with Crippen LogP contribution in [-0.4, -0.2) is 31.8 Å². The van der Waals surface area contributed by atoms with Crippen LogP contribution in [0.25, 0.3) is 0 Å². The minimum Gasteiger partial charge on any atom is -0.381 e. The molecule has 0 aromatic rings. The van der Waals surface area contributed by atoms with Crippen LogP contribution >= 0.6 is 8.25 Å². The van der Waals surface area contributed by atoms with Gasteiger partial charge >= 0.3 is 8.25 Å². The maximum Gasteiger partial charge on any atom is 0.316 e. The zero-order valence-corrected chi connectivity index (χ0v) is 9.99. The third-order valence-electron chi connectivity index (χ3n) is 1.31. The Morgan fingerprint density at radius 1 is 1.36 bits per heavy atom.